The Morgan fingerprint density at radius 2 is 1.14 bits per heavy atom. The van der Waals surface area contributed by atoms with Crippen molar-refractivity contribution in [1.82, 2.24) is 35.6 Å². The standard InChI is InChI=1S/C35H49N7O10S4/c1-20-16-53-33(49)21(2)39(4)31(47)26-19-56-55-18-25(41(6)27(43)13-36-29(20)45)32(48)40(5)22(3)34(50)54-17-24(30(46)37-14-28(44)42(26)7)38-35(51)52-15-23-11-9-8-10-12-23/h8-12,20-22,24-26H,13-19H2,1-7H3,(H,36,45)(H,37,46)(H,38,51)/t20-,21+,22+,24-,25+,26+/m1/s1. The van der Waals surface area contributed by atoms with Gasteiger partial charge in [-0.2, -0.15) is 0 Å². The third-order valence-electron chi connectivity index (χ3n) is 9.33. The summed E-state index contributed by atoms with van der Waals surface area (Å²) in [6.07, 6.45) is -0.959. The number of ether oxygens (including phenoxy) is 1. The summed E-state index contributed by atoms with van der Waals surface area (Å²) in [5.41, 5.74) is 0.688. The number of likely N-dealkylation sites (N-methyl/N-ethyl adjacent to an activating group) is 4. The van der Waals surface area contributed by atoms with Gasteiger partial charge in [-0.05, 0) is 19.4 Å². The van der Waals surface area contributed by atoms with Gasteiger partial charge in [0.2, 0.25) is 45.7 Å². The monoisotopic (exact) mass is 855 g/mol. The van der Waals surface area contributed by atoms with E-state index in [2.05, 4.69) is 16.0 Å². The third kappa shape index (κ3) is 13.1. The first-order valence-corrected chi connectivity index (χ1v) is 22.0. The van der Waals surface area contributed by atoms with Crippen LogP contribution in [0, 0.1) is 5.92 Å². The van der Waals surface area contributed by atoms with Crippen LogP contribution in [-0.2, 0) is 49.7 Å². The first-order chi connectivity index (χ1) is 26.4. The van der Waals surface area contributed by atoms with Crippen LogP contribution in [0.4, 0.5) is 4.79 Å². The number of nitrogens with one attached hydrogen (secondary N) is 3. The zero-order valence-electron chi connectivity index (χ0n) is 32.3. The molecule has 0 aromatic heterocycles. The van der Waals surface area contributed by atoms with Crippen molar-refractivity contribution in [3.8, 4) is 0 Å². The number of hydrogen-bond acceptors (Lipinski definition) is 14. The van der Waals surface area contributed by atoms with E-state index in [1.165, 1.54) is 56.7 Å². The van der Waals surface area contributed by atoms with E-state index in [9.17, 15) is 43.2 Å². The number of thioether (sulfide) groups is 2. The maximum Gasteiger partial charge on any atom is 0.408 e. The van der Waals surface area contributed by atoms with Crippen LogP contribution in [0.3, 0.4) is 0 Å². The van der Waals surface area contributed by atoms with E-state index in [0.29, 0.717) is 17.3 Å². The maximum absolute atomic E-state index is 14.0. The summed E-state index contributed by atoms with van der Waals surface area (Å²) in [4.78, 5) is 125. The van der Waals surface area contributed by atoms with E-state index in [1.807, 2.05) is 0 Å². The third-order valence-corrected chi connectivity index (χ3v) is 14.1. The fourth-order valence-electron chi connectivity index (χ4n) is 5.09. The molecule has 2 bridgehead atoms. The summed E-state index contributed by atoms with van der Waals surface area (Å²) in [5, 5.41) is 6.58. The van der Waals surface area contributed by atoms with Crippen LogP contribution in [-0.4, -0.2) is 166 Å². The number of carbonyl (C=O) groups is 9. The van der Waals surface area contributed by atoms with Gasteiger partial charge < -0.3 is 40.3 Å². The predicted molar refractivity (Wildman–Crippen MR) is 216 cm³/mol. The van der Waals surface area contributed by atoms with Crippen molar-refractivity contribution < 1.29 is 47.9 Å². The lowest BCUT2D eigenvalue weighted by molar-refractivity contribution is -0.145. The Morgan fingerprint density at radius 3 is 1.64 bits per heavy atom. The molecule has 6 atom stereocenters. The fraction of sp³-hybridized carbons (Fsp3) is 0.571. The smallest absolute Gasteiger partial charge is 0.408 e. The van der Waals surface area contributed by atoms with Crippen LogP contribution in [0.2, 0.25) is 0 Å². The van der Waals surface area contributed by atoms with Crippen LogP contribution in [0.1, 0.15) is 26.3 Å². The van der Waals surface area contributed by atoms with Gasteiger partial charge in [0.15, 0.2) is 0 Å². The highest BCUT2D eigenvalue weighted by Crippen LogP contribution is 2.28. The molecule has 2 heterocycles. The fourth-order valence-corrected chi connectivity index (χ4v) is 9.55. The molecule has 0 spiro atoms. The number of hydrogen-bond donors (Lipinski definition) is 3. The molecule has 3 N–H and O–H groups in total. The highest BCUT2D eigenvalue weighted by atomic mass is 33.1. The van der Waals surface area contributed by atoms with Crippen LogP contribution < -0.4 is 16.0 Å². The minimum atomic E-state index is -1.37. The Kier molecular flexibility index (Phi) is 18.3. The van der Waals surface area contributed by atoms with Gasteiger partial charge in [0.05, 0.1) is 25.2 Å². The Hall–Kier alpha value is -3.95. The molecule has 2 saturated heterocycles. The van der Waals surface area contributed by atoms with Crippen molar-refractivity contribution in [2.45, 2.75) is 57.6 Å². The normalized spacial score (nSPS) is 26.7. The molecule has 2 aliphatic rings. The van der Waals surface area contributed by atoms with Crippen molar-refractivity contribution in [1.29, 1.82) is 0 Å². The number of benzene rings is 1. The predicted octanol–water partition coefficient (Wildman–Crippen LogP) is 0.426. The first-order valence-electron chi connectivity index (χ1n) is 17.6. The summed E-state index contributed by atoms with van der Waals surface area (Å²) >= 11 is 1.53. The van der Waals surface area contributed by atoms with E-state index in [0.717, 1.165) is 38.2 Å². The first kappa shape index (κ1) is 46.4. The van der Waals surface area contributed by atoms with E-state index >= 15 is 0 Å². The van der Waals surface area contributed by atoms with Crippen molar-refractivity contribution in [3.63, 3.8) is 0 Å². The van der Waals surface area contributed by atoms with E-state index in [-0.39, 0.29) is 29.6 Å². The quantitative estimate of drug-likeness (QED) is 0.352. The second-order valence-electron chi connectivity index (χ2n) is 13.2. The molecule has 7 amide bonds. The van der Waals surface area contributed by atoms with Crippen molar-refractivity contribution in [2.75, 3.05) is 64.3 Å². The summed E-state index contributed by atoms with van der Waals surface area (Å²) in [6, 6.07) is 3.17. The molecule has 0 aliphatic carbocycles. The molecule has 3 rings (SSSR count). The number of fused-ring (bicyclic) bond motifs is 5. The van der Waals surface area contributed by atoms with E-state index < -0.39 is 101 Å². The minimum absolute atomic E-state index is 0.00155. The average molecular weight is 856 g/mol. The van der Waals surface area contributed by atoms with Gasteiger partial charge in [0.25, 0.3) is 0 Å². The number of carbonyl (C=O) groups excluding carboxylic acids is 9. The molecular weight excluding hydrogens is 807 g/mol. The van der Waals surface area contributed by atoms with Crippen molar-refractivity contribution >= 4 is 96.9 Å². The summed E-state index contributed by atoms with van der Waals surface area (Å²) in [6.45, 7) is 3.49. The minimum Gasteiger partial charge on any atom is -0.445 e. The zero-order chi connectivity index (χ0) is 41.7. The molecule has 2 fully saturated rings. The molecule has 0 radical (unpaired) electrons. The van der Waals surface area contributed by atoms with E-state index in [4.69, 9.17) is 4.74 Å². The molecule has 21 heteroatoms. The molecular formula is C35H49N7O10S4. The van der Waals surface area contributed by atoms with Gasteiger partial charge in [0, 0.05) is 57.1 Å². The van der Waals surface area contributed by atoms with Gasteiger partial charge in [0.1, 0.15) is 24.7 Å². The molecule has 2 aliphatic heterocycles. The van der Waals surface area contributed by atoms with E-state index in [1.54, 1.807) is 37.3 Å². The topological polar surface area (TPSA) is 212 Å². The number of rotatable bonds is 3. The molecule has 1 aromatic rings. The zero-order valence-corrected chi connectivity index (χ0v) is 35.6. The summed E-state index contributed by atoms with van der Waals surface area (Å²) in [5.74, 6) is -4.67. The lowest BCUT2D eigenvalue weighted by Crippen LogP contribution is -2.56. The second-order valence-corrected chi connectivity index (χ2v) is 17.8. The average Bonchev–Trinajstić information content (AvgIpc) is 3.19. The molecule has 0 unspecified atom stereocenters. The Balaban J connectivity index is 2.00. The largest absolute Gasteiger partial charge is 0.445 e. The van der Waals surface area contributed by atoms with Crippen LogP contribution >= 0.6 is 45.1 Å². The number of nitrogens with zero attached hydrogens (tertiary/aromatic N) is 4. The van der Waals surface area contributed by atoms with Crippen molar-refractivity contribution in [2.24, 2.45) is 5.92 Å². The second kappa shape index (κ2) is 22.1. The molecule has 56 heavy (non-hydrogen) atoms. The van der Waals surface area contributed by atoms with Gasteiger partial charge in [-0.1, -0.05) is 82.4 Å². The highest BCUT2D eigenvalue weighted by molar-refractivity contribution is 8.76. The molecule has 1 aromatic carbocycles. The van der Waals surface area contributed by atoms with Crippen molar-refractivity contribution in [3.05, 3.63) is 35.9 Å². The SMILES string of the molecule is C[C@@H]1CSC(=O)[C@H](C)N(C)C(=O)[C@@H]2CSSC[C@@H](C(=O)N(C)[C@@H](C)C(=O)SC[C@@H](NC(=O)OCc3ccccc3)C(=O)NCC(=O)N2C)N(C)C(=O)CNC1=O. The molecule has 308 valence electrons. The molecule has 17 nitrogen and oxygen atoms in total. The summed E-state index contributed by atoms with van der Waals surface area (Å²) in [7, 11) is 7.92. The molecule has 0 saturated carbocycles. The van der Waals surface area contributed by atoms with Gasteiger partial charge in [-0.25, -0.2) is 4.79 Å². The van der Waals surface area contributed by atoms with Crippen LogP contribution in [0.15, 0.2) is 30.3 Å². The van der Waals surface area contributed by atoms with Gasteiger partial charge in [-0.15, -0.1) is 0 Å². The van der Waals surface area contributed by atoms with Crippen LogP contribution in [0.25, 0.3) is 0 Å². The Labute approximate surface area is 342 Å². The number of amides is 7. The Morgan fingerprint density at radius 1 is 0.679 bits per heavy atom. The summed E-state index contributed by atoms with van der Waals surface area (Å²) < 4.78 is 5.28. The lowest BCUT2D eigenvalue weighted by Gasteiger charge is -2.34. The van der Waals surface area contributed by atoms with Gasteiger partial charge >= 0.3 is 6.09 Å². The van der Waals surface area contributed by atoms with Crippen LogP contribution in [0.5, 0.6) is 0 Å². The maximum atomic E-state index is 14.0. The number of alkyl carbamates (subject to hydrolysis) is 1. The van der Waals surface area contributed by atoms with Gasteiger partial charge in [-0.3, -0.25) is 38.4 Å². The lowest BCUT2D eigenvalue weighted by atomic mass is 10.2. The highest BCUT2D eigenvalue weighted by Gasteiger charge is 2.37. The Bertz CT molecular complexity index is 1640.